The third kappa shape index (κ3) is 4.73. The van der Waals surface area contributed by atoms with Crippen LogP contribution in [0.5, 0.6) is 0 Å². The Labute approximate surface area is 168 Å². The first-order valence-electron chi connectivity index (χ1n) is 9.79. The van der Waals surface area contributed by atoms with Crippen molar-refractivity contribution in [3.63, 3.8) is 0 Å². The molecule has 0 aromatic carbocycles. The minimum atomic E-state index is -4.15. The first-order chi connectivity index (χ1) is 13.4. The molecular weight excluding hydrogens is 403 g/mol. The fraction of sp³-hybridized carbons (Fsp3) is 0.778. The number of hydrogen-bond acceptors (Lipinski definition) is 7. The summed E-state index contributed by atoms with van der Waals surface area (Å²) in [6.45, 7) is 6.84. The molecule has 2 aliphatic rings. The molecule has 0 amide bonds. The maximum absolute atomic E-state index is 12.3. The lowest BCUT2D eigenvalue weighted by molar-refractivity contribution is -0.161. The van der Waals surface area contributed by atoms with Crippen LogP contribution in [0.2, 0.25) is 0 Å². The van der Waals surface area contributed by atoms with E-state index in [-0.39, 0.29) is 24.5 Å². The number of aliphatic hydroxyl groups is 1. The van der Waals surface area contributed by atoms with E-state index in [0.717, 1.165) is 0 Å². The SMILES string of the molecule is CCC(O)P(=O)(O)OC(C)C[C@H]1CC(n2ccc(=O)[nH]c2=O)[C@@H]2OC(C)(C)O[C@H]12. The van der Waals surface area contributed by atoms with Gasteiger partial charge < -0.3 is 24.0 Å². The zero-order valence-corrected chi connectivity index (χ0v) is 17.9. The lowest BCUT2D eigenvalue weighted by Gasteiger charge is -2.26. The molecule has 1 aromatic heterocycles. The summed E-state index contributed by atoms with van der Waals surface area (Å²) in [5.74, 6) is -2.38. The second-order valence-electron chi connectivity index (χ2n) is 8.25. The summed E-state index contributed by atoms with van der Waals surface area (Å²) in [5.41, 5.74) is -0.998. The average molecular weight is 432 g/mol. The number of aromatic nitrogens is 2. The van der Waals surface area contributed by atoms with Gasteiger partial charge in [0.1, 0.15) is 6.10 Å². The van der Waals surface area contributed by atoms with E-state index in [0.29, 0.717) is 12.8 Å². The van der Waals surface area contributed by atoms with Crippen molar-refractivity contribution in [3.05, 3.63) is 33.1 Å². The Morgan fingerprint density at radius 3 is 2.66 bits per heavy atom. The highest BCUT2D eigenvalue weighted by molar-refractivity contribution is 7.53. The molecule has 1 aliphatic carbocycles. The Kier molecular flexibility index (Phi) is 6.25. The first-order valence-corrected chi connectivity index (χ1v) is 11.4. The second kappa shape index (κ2) is 8.09. The first kappa shape index (κ1) is 22.4. The predicted octanol–water partition coefficient (Wildman–Crippen LogP) is 1.33. The number of H-pyrrole nitrogens is 1. The van der Waals surface area contributed by atoms with E-state index in [1.807, 2.05) is 0 Å². The quantitative estimate of drug-likeness (QED) is 0.548. The van der Waals surface area contributed by atoms with Gasteiger partial charge in [0.2, 0.25) is 0 Å². The second-order valence-corrected chi connectivity index (χ2v) is 10.2. The van der Waals surface area contributed by atoms with Crippen molar-refractivity contribution in [3.8, 4) is 0 Å². The summed E-state index contributed by atoms with van der Waals surface area (Å²) in [5, 5.41) is 9.71. The van der Waals surface area contributed by atoms with E-state index >= 15 is 0 Å². The molecule has 7 atom stereocenters. The molecule has 2 heterocycles. The number of rotatable bonds is 7. The van der Waals surface area contributed by atoms with Crippen LogP contribution >= 0.6 is 7.60 Å². The van der Waals surface area contributed by atoms with Crippen molar-refractivity contribution in [1.29, 1.82) is 0 Å². The average Bonchev–Trinajstić information content (AvgIpc) is 3.07. The zero-order valence-electron chi connectivity index (χ0n) is 17.0. The molecule has 2 fully saturated rings. The molecule has 3 rings (SSSR count). The predicted molar refractivity (Wildman–Crippen MR) is 104 cm³/mol. The van der Waals surface area contributed by atoms with Crippen molar-refractivity contribution in [1.82, 2.24) is 9.55 Å². The largest absolute Gasteiger partial charge is 0.380 e. The third-order valence-corrected chi connectivity index (χ3v) is 7.25. The molecule has 164 valence electrons. The summed E-state index contributed by atoms with van der Waals surface area (Å²) in [6.07, 6.45) is 1.09. The summed E-state index contributed by atoms with van der Waals surface area (Å²) in [4.78, 5) is 35.9. The molecule has 0 spiro atoms. The Morgan fingerprint density at radius 2 is 2.03 bits per heavy atom. The molecule has 1 aromatic rings. The maximum Gasteiger partial charge on any atom is 0.356 e. The van der Waals surface area contributed by atoms with Gasteiger partial charge in [0.25, 0.3) is 5.56 Å². The number of aliphatic hydroxyl groups excluding tert-OH is 1. The zero-order chi connectivity index (χ0) is 21.6. The van der Waals surface area contributed by atoms with Crippen molar-refractivity contribution < 1.29 is 28.6 Å². The van der Waals surface area contributed by atoms with E-state index in [4.69, 9.17) is 14.0 Å². The van der Waals surface area contributed by atoms with Crippen molar-refractivity contribution in [2.24, 2.45) is 5.92 Å². The van der Waals surface area contributed by atoms with Crippen molar-refractivity contribution in [2.45, 2.75) is 82.9 Å². The molecule has 3 N–H and O–H groups in total. The van der Waals surface area contributed by atoms with Gasteiger partial charge in [0, 0.05) is 12.3 Å². The van der Waals surface area contributed by atoms with Gasteiger partial charge in [-0.3, -0.25) is 18.9 Å². The smallest absolute Gasteiger partial charge is 0.356 e. The van der Waals surface area contributed by atoms with Crippen LogP contribution in [-0.4, -0.2) is 49.5 Å². The van der Waals surface area contributed by atoms with Gasteiger partial charge in [0.15, 0.2) is 11.6 Å². The van der Waals surface area contributed by atoms with Gasteiger partial charge in [-0.05, 0) is 46.0 Å². The van der Waals surface area contributed by atoms with Crippen LogP contribution < -0.4 is 11.2 Å². The molecule has 0 bridgehead atoms. The molecule has 1 aliphatic heterocycles. The van der Waals surface area contributed by atoms with Crippen molar-refractivity contribution in [2.75, 3.05) is 0 Å². The molecular formula is C18H29N2O8P. The monoisotopic (exact) mass is 432 g/mol. The van der Waals surface area contributed by atoms with E-state index in [2.05, 4.69) is 4.98 Å². The summed E-state index contributed by atoms with van der Waals surface area (Å²) >= 11 is 0. The number of ether oxygens (including phenoxy) is 2. The minimum absolute atomic E-state index is 0.108. The number of aromatic amines is 1. The minimum Gasteiger partial charge on any atom is -0.380 e. The van der Waals surface area contributed by atoms with E-state index < -0.39 is 42.7 Å². The van der Waals surface area contributed by atoms with Crippen LogP contribution in [0.15, 0.2) is 21.9 Å². The van der Waals surface area contributed by atoms with Crippen LogP contribution in [0.3, 0.4) is 0 Å². The van der Waals surface area contributed by atoms with Crippen LogP contribution in [0.25, 0.3) is 0 Å². The molecule has 0 radical (unpaired) electrons. The lowest BCUT2D eigenvalue weighted by atomic mass is 9.98. The summed E-state index contributed by atoms with van der Waals surface area (Å²) in [7, 11) is -4.15. The number of fused-ring (bicyclic) bond motifs is 1. The fourth-order valence-corrected chi connectivity index (χ4v) is 5.48. The van der Waals surface area contributed by atoms with Gasteiger partial charge in [-0.2, -0.15) is 0 Å². The number of nitrogens with zero attached hydrogens (tertiary/aromatic N) is 1. The molecule has 29 heavy (non-hydrogen) atoms. The van der Waals surface area contributed by atoms with Crippen LogP contribution in [0, 0.1) is 5.92 Å². The van der Waals surface area contributed by atoms with E-state index in [9.17, 15) is 24.2 Å². The van der Waals surface area contributed by atoms with Gasteiger partial charge in [-0.25, -0.2) is 4.79 Å². The lowest BCUT2D eigenvalue weighted by Crippen LogP contribution is -2.36. The van der Waals surface area contributed by atoms with Gasteiger partial charge >= 0.3 is 13.3 Å². The van der Waals surface area contributed by atoms with Gasteiger partial charge in [-0.1, -0.05) is 6.92 Å². The number of nitrogens with one attached hydrogen (secondary N) is 1. The van der Waals surface area contributed by atoms with E-state index in [1.165, 1.54) is 16.8 Å². The molecule has 4 unspecified atom stereocenters. The standard InChI is InChI=1S/C18H29N2O8P/c1-5-14(22)29(24,25)28-10(2)8-11-9-12(16-15(11)26-18(3,4)27-16)20-7-6-13(21)19-17(20)23/h6-7,10-12,14-16,22H,5,8-9H2,1-4H3,(H,24,25)(H,19,21,23)/t10?,11-,12?,14?,15+,16-/m0/s1. The highest BCUT2D eigenvalue weighted by atomic mass is 31.2. The Morgan fingerprint density at radius 1 is 1.38 bits per heavy atom. The topological polar surface area (TPSA) is 140 Å². The van der Waals surface area contributed by atoms with Gasteiger partial charge in [0.05, 0.1) is 18.2 Å². The molecule has 11 heteroatoms. The number of hydrogen-bond donors (Lipinski definition) is 3. The van der Waals surface area contributed by atoms with Crippen LogP contribution in [0.1, 0.15) is 53.0 Å². The summed E-state index contributed by atoms with van der Waals surface area (Å²) < 4.78 is 31.0. The normalized spacial score (nSPS) is 32.5. The molecule has 1 saturated carbocycles. The maximum atomic E-state index is 12.3. The highest BCUT2D eigenvalue weighted by Gasteiger charge is 2.55. The van der Waals surface area contributed by atoms with Crippen molar-refractivity contribution >= 4 is 7.60 Å². The van der Waals surface area contributed by atoms with Crippen LogP contribution in [0.4, 0.5) is 0 Å². The molecule has 10 nitrogen and oxygen atoms in total. The fourth-order valence-electron chi connectivity index (χ4n) is 4.28. The third-order valence-electron chi connectivity index (χ3n) is 5.47. The summed E-state index contributed by atoms with van der Waals surface area (Å²) in [6, 6.07) is 0.926. The Hall–Kier alpha value is -1.29. The molecule has 1 saturated heterocycles. The highest BCUT2D eigenvalue weighted by Crippen LogP contribution is 2.52. The Bertz CT molecular complexity index is 896. The van der Waals surface area contributed by atoms with E-state index in [1.54, 1.807) is 27.7 Å². The van der Waals surface area contributed by atoms with Crippen LogP contribution in [-0.2, 0) is 18.6 Å². The Balaban J connectivity index is 1.80. The van der Waals surface area contributed by atoms with Gasteiger partial charge in [-0.15, -0.1) is 0 Å².